The zero-order valence-electron chi connectivity index (χ0n) is 11.6. The van der Waals surface area contributed by atoms with Crippen molar-refractivity contribution in [2.75, 3.05) is 18.5 Å². The number of aromatic carboxylic acids is 1. The van der Waals surface area contributed by atoms with Gasteiger partial charge in [0.25, 0.3) is 0 Å². The fourth-order valence-electron chi connectivity index (χ4n) is 2.57. The first kappa shape index (κ1) is 12.8. The normalized spacial score (nSPS) is 20.9. The molecule has 1 saturated carbocycles. The second kappa shape index (κ2) is 4.74. The van der Waals surface area contributed by atoms with Crippen molar-refractivity contribution in [1.29, 1.82) is 0 Å². The summed E-state index contributed by atoms with van der Waals surface area (Å²) in [5.74, 6) is 1.46. The monoisotopic (exact) mass is 271 g/mol. The molecule has 3 rings (SSSR count). The van der Waals surface area contributed by atoms with Gasteiger partial charge in [-0.25, -0.2) is 14.8 Å². The second-order valence-corrected chi connectivity index (χ2v) is 5.59. The van der Waals surface area contributed by atoms with Gasteiger partial charge in [-0.2, -0.15) is 0 Å². The number of nitrogens with zero attached hydrogens (tertiary/aromatic N) is 3. The van der Waals surface area contributed by atoms with Gasteiger partial charge in [-0.3, -0.25) is 0 Å². The minimum atomic E-state index is -0.938. The molecule has 0 saturated heterocycles. The molecular weight excluding hydrogens is 254 g/mol. The van der Waals surface area contributed by atoms with E-state index in [1.165, 1.54) is 12.7 Å². The van der Waals surface area contributed by atoms with Crippen molar-refractivity contribution in [3.05, 3.63) is 30.1 Å². The van der Waals surface area contributed by atoms with Crippen LogP contribution in [0.4, 0.5) is 5.82 Å². The summed E-state index contributed by atoms with van der Waals surface area (Å²) in [6, 6.07) is 4.99. The number of benzene rings is 1. The molecule has 0 aliphatic heterocycles. The summed E-state index contributed by atoms with van der Waals surface area (Å²) in [6.07, 6.45) is 2.77. The van der Waals surface area contributed by atoms with Crippen LogP contribution in [0.3, 0.4) is 0 Å². The molecule has 0 bridgehead atoms. The average molecular weight is 271 g/mol. The lowest BCUT2D eigenvalue weighted by molar-refractivity contribution is 0.0697. The highest BCUT2D eigenvalue weighted by Crippen LogP contribution is 2.39. The van der Waals surface area contributed by atoms with Gasteiger partial charge >= 0.3 is 5.97 Å². The van der Waals surface area contributed by atoms with E-state index in [0.29, 0.717) is 5.52 Å². The van der Waals surface area contributed by atoms with Crippen LogP contribution in [0.5, 0.6) is 0 Å². The molecule has 104 valence electrons. The van der Waals surface area contributed by atoms with Gasteiger partial charge in [0.05, 0.1) is 11.1 Å². The SMILES string of the molecule is CC1CC1CN(C)c1ncnc2cc(C(=O)O)ccc12. The molecule has 1 fully saturated rings. The number of carbonyl (C=O) groups is 1. The highest BCUT2D eigenvalue weighted by atomic mass is 16.4. The van der Waals surface area contributed by atoms with E-state index in [1.54, 1.807) is 18.2 Å². The summed E-state index contributed by atoms with van der Waals surface area (Å²) in [5.41, 5.74) is 0.922. The van der Waals surface area contributed by atoms with Gasteiger partial charge in [0.2, 0.25) is 0 Å². The Morgan fingerprint density at radius 1 is 1.45 bits per heavy atom. The quantitative estimate of drug-likeness (QED) is 0.925. The van der Waals surface area contributed by atoms with Crippen molar-refractivity contribution in [3.8, 4) is 0 Å². The molecule has 2 atom stereocenters. The summed E-state index contributed by atoms with van der Waals surface area (Å²) >= 11 is 0. The third kappa shape index (κ3) is 2.31. The molecule has 5 nitrogen and oxygen atoms in total. The maximum absolute atomic E-state index is 11.0. The zero-order valence-corrected chi connectivity index (χ0v) is 11.6. The molecular formula is C15H17N3O2. The maximum atomic E-state index is 11.0. The Bertz CT molecular complexity index is 671. The number of carboxylic acid groups (broad SMARTS) is 1. The topological polar surface area (TPSA) is 66.3 Å². The number of rotatable bonds is 4. The van der Waals surface area contributed by atoms with Gasteiger partial charge in [0, 0.05) is 19.0 Å². The minimum Gasteiger partial charge on any atom is -0.478 e. The van der Waals surface area contributed by atoms with Crippen LogP contribution in [0, 0.1) is 11.8 Å². The van der Waals surface area contributed by atoms with E-state index < -0.39 is 5.97 Å². The van der Waals surface area contributed by atoms with Crippen LogP contribution in [-0.2, 0) is 0 Å². The maximum Gasteiger partial charge on any atom is 0.335 e. The minimum absolute atomic E-state index is 0.251. The summed E-state index contributed by atoms with van der Waals surface area (Å²) in [7, 11) is 2.03. The summed E-state index contributed by atoms with van der Waals surface area (Å²) in [5, 5.41) is 9.92. The van der Waals surface area contributed by atoms with Gasteiger partial charge in [0.1, 0.15) is 12.1 Å². The summed E-state index contributed by atoms with van der Waals surface area (Å²) in [4.78, 5) is 21.7. The number of fused-ring (bicyclic) bond motifs is 1. The van der Waals surface area contributed by atoms with Crippen LogP contribution in [0.2, 0.25) is 0 Å². The highest BCUT2D eigenvalue weighted by Gasteiger charge is 2.33. The van der Waals surface area contributed by atoms with Crippen LogP contribution in [0.1, 0.15) is 23.7 Å². The number of hydrogen-bond acceptors (Lipinski definition) is 4. The zero-order chi connectivity index (χ0) is 14.3. The van der Waals surface area contributed by atoms with E-state index in [4.69, 9.17) is 5.11 Å². The number of aromatic nitrogens is 2. The second-order valence-electron chi connectivity index (χ2n) is 5.59. The molecule has 1 aromatic heterocycles. The van der Waals surface area contributed by atoms with E-state index in [-0.39, 0.29) is 5.56 Å². The lowest BCUT2D eigenvalue weighted by Crippen LogP contribution is -2.22. The Labute approximate surface area is 117 Å². The van der Waals surface area contributed by atoms with Crippen LogP contribution in [-0.4, -0.2) is 34.6 Å². The molecule has 1 N–H and O–H groups in total. The largest absolute Gasteiger partial charge is 0.478 e. The van der Waals surface area contributed by atoms with E-state index in [1.807, 2.05) is 7.05 Å². The van der Waals surface area contributed by atoms with E-state index in [0.717, 1.165) is 29.6 Å². The van der Waals surface area contributed by atoms with Crippen molar-refractivity contribution >= 4 is 22.7 Å². The Kier molecular flexibility index (Phi) is 3.04. The van der Waals surface area contributed by atoms with Gasteiger partial charge < -0.3 is 10.0 Å². The molecule has 1 aliphatic rings. The van der Waals surface area contributed by atoms with Crippen LogP contribution >= 0.6 is 0 Å². The summed E-state index contributed by atoms with van der Waals surface area (Å²) in [6.45, 7) is 3.24. The number of carboxylic acids is 1. The van der Waals surface area contributed by atoms with Gasteiger partial charge in [-0.1, -0.05) is 6.92 Å². The Morgan fingerprint density at radius 2 is 2.20 bits per heavy atom. The van der Waals surface area contributed by atoms with Crippen LogP contribution in [0.15, 0.2) is 24.5 Å². The molecule has 1 heterocycles. The number of anilines is 1. The number of hydrogen-bond donors (Lipinski definition) is 1. The molecule has 20 heavy (non-hydrogen) atoms. The molecule has 5 heteroatoms. The molecule has 1 aliphatic carbocycles. The Balaban J connectivity index is 1.96. The predicted octanol–water partition coefficient (Wildman–Crippen LogP) is 2.42. The van der Waals surface area contributed by atoms with Crippen LogP contribution in [0.25, 0.3) is 10.9 Å². The van der Waals surface area contributed by atoms with Gasteiger partial charge in [-0.15, -0.1) is 0 Å². The third-order valence-electron chi connectivity index (χ3n) is 4.01. The first-order valence-electron chi connectivity index (χ1n) is 6.75. The fourth-order valence-corrected chi connectivity index (χ4v) is 2.57. The van der Waals surface area contributed by atoms with Crippen molar-refractivity contribution in [1.82, 2.24) is 9.97 Å². The van der Waals surface area contributed by atoms with Crippen molar-refractivity contribution in [3.63, 3.8) is 0 Å². The molecule has 0 amide bonds. The first-order valence-corrected chi connectivity index (χ1v) is 6.75. The fraction of sp³-hybridized carbons (Fsp3) is 0.400. The lowest BCUT2D eigenvalue weighted by Gasteiger charge is -2.19. The molecule has 1 aromatic carbocycles. The highest BCUT2D eigenvalue weighted by molar-refractivity contribution is 5.96. The van der Waals surface area contributed by atoms with E-state index >= 15 is 0 Å². The molecule has 0 spiro atoms. The molecule has 2 aromatic rings. The smallest absolute Gasteiger partial charge is 0.335 e. The van der Waals surface area contributed by atoms with Crippen molar-refractivity contribution in [2.24, 2.45) is 11.8 Å². The molecule has 0 radical (unpaired) electrons. The summed E-state index contributed by atoms with van der Waals surface area (Å²) < 4.78 is 0. The van der Waals surface area contributed by atoms with Gasteiger partial charge in [-0.05, 0) is 36.5 Å². The average Bonchev–Trinajstić information content (AvgIpc) is 3.12. The van der Waals surface area contributed by atoms with E-state index in [2.05, 4.69) is 21.8 Å². The standard InChI is InChI=1S/C15H17N3O2/c1-9-5-11(9)7-18(2)14-12-4-3-10(15(19)20)6-13(12)16-8-17-14/h3-4,6,8-9,11H,5,7H2,1-2H3,(H,19,20). The van der Waals surface area contributed by atoms with Crippen LogP contribution < -0.4 is 4.90 Å². The first-order chi connectivity index (χ1) is 9.56. The van der Waals surface area contributed by atoms with Crippen molar-refractivity contribution in [2.45, 2.75) is 13.3 Å². The van der Waals surface area contributed by atoms with Gasteiger partial charge in [0.15, 0.2) is 0 Å². The predicted molar refractivity (Wildman–Crippen MR) is 77.0 cm³/mol. The Morgan fingerprint density at radius 3 is 2.85 bits per heavy atom. The third-order valence-corrected chi connectivity index (χ3v) is 4.01. The van der Waals surface area contributed by atoms with E-state index in [9.17, 15) is 4.79 Å². The lowest BCUT2D eigenvalue weighted by atomic mass is 10.1. The molecule has 2 unspecified atom stereocenters. The van der Waals surface area contributed by atoms with Crippen molar-refractivity contribution < 1.29 is 9.90 Å². The Hall–Kier alpha value is -2.17.